The Labute approximate surface area is 130 Å². The Morgan fingerprint density at radius 2 is 2.00 bits per heavy atom. The molecule has 4 heteroatoms. The van der Waals surface area contributed by atoms with Crippen molar-refractivity contribution in [3.63, 3.8) is 0 Å². The van der Waals surface area contributed by atoms with Crippen LogP contribution in [-0.2, 0) is 4.79 Å². The summed E-state index contributed by atoms with van der Waals surface area (Å²) in [7, 11) is 0. The highest BCUT2D eigenvalue weighted by molar-refractivity contribution is 9.10. The summed E-state index contributed by atoms with van der Waals surface area (Å²) in [6, 6.07) is 8.19. The molecule has 1 rings (SSSR count). The predicted molar refractivity (Wildman–Crippen MR) is 87.7 cm³/mol. The van der Waals surface area contributed by atoms with Gasteiger partial charge in [-0.25, -0.2) is 0 Å². The monoisotopic (exact) mass is 340 g/mol. The van der Waals surface area contributed by atoms with E-state index in [0.717, 1.165) is 36.0 Å². The first-order valence-corrected chi connectivity index (χ1v) is 8.15. The van der Waals surface area contributed by atoms with E-state index < -0.39 is 0 Å². The van der Waals surface area contributed by atoms with Crippen LogP contribution in [0.3, 0.4) is 0 Å². The molecular formula is C16H25BrN2O. The van der Waals surface area contributed by atoms with Crippen LogP contribution in [0.1, 0.15) is 45.2 Å². The van der Waals surface area contributed by atoms with Crippen LogP contribution in [-0.4, -0.2) is 30.4 Å². The van der Waals surface area contributed by atoms with Crippen LogP contribution in [0.5, 0.6) is 0 Å². The fraction of sp³-hybridized carbons (Fsp3) is 0.562. The number of nitrogens with zero attached hydrogens (tertiary/aromatic N) is 1. The van der Waals surface area contributed by atoms with Gasteiger partial charge < -0.3 is 10.2 Å². The fourth-order valence-electron chi connectivity index (χ4n) is 2.23. The second-order valence-electron chi connectivity index (χ2n) is 4.96. The van der Waals surface area contributed by atoms with Gasteiger partial charge in [-0.15, -0.1) is 0 Å². The lowest BCUT2D eigenvalue weighted by molar-refractivity contribution is -0.132. The largest absolute Gasteiger partial charge is 0.335 e. The van der Waals surface area contributed by atoms with E-state index in [1.807, 2.05) is 23.1 Å². The second kappa shape index (κ2) is 9.14. The molecule has 0 heterocycles. The number of carbonyl (C=O) groups is 1. The van der Waals surface area contributed by atoms with Gasteiger partial charge in [0, 0.05) is 11.0 Å². The van der Waals surface area contributed by atoms with E-state index in [2.05, 4.69) is 48.1 Å². The summed E-state index contributed by atoms with van der Waals surface area (Å²) in [4.78, 5) is 14.3. The van der Waals surface area contributed by atoms with Gasteiger partial charge in [0.2, 0.25) is 5.91 Å². The Morgan fingerprint density at radius 3 is 2.60 bits per heavy atom. The maximum atomic E-state index is 12.4. The van der Waals surface area contributed by atoms with E-state index in [1.165, 1.54) is 0 Å². The van der Waals surface area contributed by atoms with Crippen molar-refractivity contribution in [1.29, 1.82) is 0 Å². The van der Waals surface area contributed by atoms with E-state index in [0.29, 0.717) is 6.54 Å². The summed E-state index contributed by atoms with van der Waals surface area (Å²) in [5.41, 5.74) is 1.16. The van der Waals surface area contributed by atoms with Gasteiger partial charge in [-0.1, -0.05) is 48.0 Å². The molecule has 0 aliphatic carbocycles. The first-order valence-electron chi connectivity index (χ1n) is 7.36. The van der Waals surface area contributed by atoms with Gasteiger partial charge in [-0.2, -0.15) is 0 Å². The Kier molecular flexibility index (Phi) is 7.85. The van der Waals surface area contributed by atoms with Gasteiger partial charge >= 0.3 is 0 Å². The van der Waals surface area contributed by atoms with Crippen molar-refractivity contribution >= 4 is 21.8 Å². The van der Waals surface area contributed by atoms with E-state index in [4.69, 9.17) is 0 Å². The average Bonchev–Trinajstić information content (AvgIpc) is 2.44. The van der Waals surface area contributed by atoms with Crippen LogP contribution in [0.4, 0.5) is 0 Å². The smallest absolute Gasteiger partial charge is 0.237 e. The second-order valence-corrected chi connectivity index (χ2v) is 5.82. The maximum Gasteiger partial charge on any atom is 0.237 e. The molecule has 0 fully saturated rings. The standard InChI is InChI=1S/C16H25BrN2O/c1-4-10-18-12-16(20)19(11-5-2)13(3)14-8-6-7-9-15(14)17/h6-9,13,18H,4-5,10-12H2,1-3H3. The summed E-state index contributed by atoms with van der Waals surface area (Å²) in [5.74, 6) is 0.170. The summed E-state index contributed by atoms with van der Waals surface area (Å²) >= 11 is 3.58. The first-order chi connectivity index (χ1) is 9.61. The van der Waals surface area contributed by atoms with Gasteiger partial charge in [0.25, 0.3) is 0 Å². The highest BCUT2D eigenvalue weighted by Gasteiger charge is 2.21. The number of rotatable bonds is 8. The molecule has 1 aromatic rings. The summed E-state index contributed by atoms with van der Waals surface area (Å²) < 4.78 is 1.06. The minimum atomic E-state index is 0.0847. The number of halogens is 1. The number of hydrogen-bond acceptors (Lipinski definition) is 2. The van der Waals surface area contributed by atoms with E-state index in [1.54, 1.807) is 0 Å². The molecule has 1 atom stereocenters. The fourth-order valence-corrected chi connectivity index (χ4v) is 2.85. The number of nitrogens with one attached hydrogen (secondary N) is 1. The quantitative estimate of drug-likeness (QED) is 0.731. The third-order valence-electron chi connectivity index (χ3n) is 3.31. The Morgan fingerprint density at radius 1 is 1.30 bits per heavy atom. The lowest BCUT2D eigenvalue weighted by atomic mass is 10.1. The summed E-state index contributed by atoms with van der Waals surface area (Å²) in [6.07, 6.45) is 2.01. The van der Waals surface area contributed by atoms with Crippen LogP contribution >= 0.6 is 15.9 Å². The normalized spacial score (nSPS) is 12.2. The molecule has 1 unspecified atom stereocenters. The molecule has 0 aliphatic rings. The molecule has 0 saturated carbocycles. The predicted octanol–water partition coefficient (Wildman–Crippen LogP) is 3.75. The van der Waals surface area contributed by atoms with Gasteiger partial charge in [-0.05, 0) is 37.9 Å². The van der Waals surface area contributed by atoms with Crippen molar-refractivity contribution in [3.8, 4) is 0 Å². The molecule has 0 aromatic heterocycles. The Hall–Kier alpha value is -0.870. The molecule has 112 valence electrons. The molecular weight excluding hydrogens is 316 g/mol. The molecule has 1 amide bonds. The van der Waals surface area contributed by atoms with E-state index in [9.17, 15) is 4.79 Å². The molecule has 0 saturated heterocycles. The SMILES string of the molecule is CCCNCC(=O)N(CCC)C(C)c1ccccc1Br. The van der Waals surface area contributed by atoms with Crippen LogP contribution in [0.25, 0.3) is 0 Å². The van der Waals surface area contributed by atoms with Gasteiger partial charge in [0.1, 0.15) is 0 Å². The number of carbonyl (C=O) groups excluding carboxylic acids is 1. The highest BCUT2D eigenvalue weighted by atomic mass is 79.9. The van der Waals surface area contributed by atoms with Gasteiger partial charge in [0.05, 0.1) is 12.6 Å². The van der Waals surface area contributed by atoms with Crippen LogP contribution in [0, 0.1) is 0 Å². The molecule has 0 spiro atoms. The number of amides is 1. The van der Waals surface area contributed by atoms with Crippen LogP contribution in [0.2, 0.25) is 0 Å². The average molecular weight is 341 g/mol. The highest BCUT2D eigenvalue weighted by Crippen LogP contribution is 2.27. The van der Waals surface area contributed by atoms with Crippen molar-refractivity contribution in [3.05, 3.63) is 34.3 Å². The van der Waals surface area contributed by atoms with E-state index >= 15 is 0 Å². The number of hydrogen-bond donors (Lipinski definition) is 1. The molecule has 3 nitrogen and oxygen atoms in total. The first kappa shape index (κ1) is 17.2. The van der Waals surface area contributed by atoms with Gasteiger partial charge in [0.15, 0.2) is 0 Å². The zero-order valence-corrected chi connectivity index (χ0v) is 14.2. The van der Waals surface area contributed by atoms with Crippen molar-refractivity contribution in [2.75, 3.05) is 19.6 Å². The molecule has 0 radical (unpaired) electrons. The van der Waals surface area contributed by atoms with Crippen molar-refractivity contribution in [2.24, 2.45) is 0 Å². The van der Waals surface area contributed by atoms with Crippen molar-refractivity contribution in [1.82, 2.24) is 10.2 Å². The van der Waals surface area contributed by atoms with Crippen LogP contribution in [0.15, 0.2) is 28.7 Å². The number of benzene rings is 1. The minimum Gasteiger partial charge on any atom is -0.335 e. The zero-order valence-electron chi connectivity index (χ0n) is 12.7. The molecule has 1 N–H and O–H groups in total. The molecule has 0 bridgehead atoms. The Bertz CT molecular complexity index is 423. The molecule has 20 heavy (non-hydrogen) atoms. The van der Waals surface area contributed by atoms with Crippen molar-refractivity contribution < 1.29 is 4.79 Å². The molecule has 1 aromatic carbocycles. The topological polar surface area (TPSA) is 32.3 Å². The summed E-state index contributed by atoms with van der Waals surface area (Å²) in [6.45, 7) is 8.39. The lowest BCUT2D eigenvalue weighted by Gasteiger charge is -2.30. The third-order valence-corrected chi connectivity index (χ3v) is 4.03. The van der Waals surface area contributed by atoms with Gasteiger partial charge in [-0.3, -0.25) is 4.79 Å². The molecule has 0 aliphatic heterocycles. The van der Waals surface area contributed by atoms with Crippen molar-refractivity contribution in [2.45, 2.75) is 39.7 Å². The summed E-state index contributed by atoms with van der Waals surface area (Å²) in [5, 5.41) is 3.19. The van der Waals surface area contributed by atoms with E-state index in [-0.39, 0.29) is 11.9 Å². The maximum absolute atomic E-state index is 12.4. The van der Waals surface area contributed by atoms with Crippen LogP contribution < -0.4 is 5.32 Å². The zero-order chi connectivity index (χ0) is 15.0. The Balaban J connectivity index is 2.79. The third kappa shape index (κ3) is 4.91. The lowest BCUT2D eigenvalue weighted by Crippen LogP contribution is -2.40. The minimum absolute atomic E-state index is 0.0847.